The summed E-state index contributed by atoms with van der Waals surface area (Å²) in [6.45, 7) is 3.84. The number of benzene rings is 2. The van der Waals surface area contributed by atoms with Crippen LogP contribution in [0.1, 0.15) is 45.7 Å². The van der Waals surface area contributed by atoms with E-state index in [0.717, 1.165) is 14.4 Å². The molecular weight excluding hydrogens is 438 g/mol. The van der Waals surface area contributed by atoms with Crippen LogP contribution in [0.5, 0.6) is 0 Å². The van der Waals surface area contributed by atoms with Gasteiger partial charge in [-0.3, -0.25) is 14.4 Å². The summed E-state index contributed by atoms with van der Waals surface area (Å²) in [7, 11) is 0. The van der Waals surface area contributed by atoms with Crippen LogP contribution in [-0.2, 0) is 4.79 Å². The van der Waals surface area contributed by atoms with E-state index in [4.69, 9.17) is 0 Å². The number of rotatable bonds is 6. The summed E-state index contributed by atoms with van der Waals surface area (Å²) in [6.07, 6.45) is 0. The lowest BCUT2D eigenvalue weighted by Gasteiger charge is -2.18. The van der Waals surface area contributed by atoms with Crippen molar-refractivity contribution < 1.29 is 14.4 Å². The first-order chi connectivity index (χ1) is 14.5. The van der Waals surface area contributed by atoms with Gasteiger partial charge < -0.3 is 5.32 Å². The molecule has 3 aromatic rings. The highest BCUT2D eigenvalue weighted by Crippen LogP contribution is 2.32. The zero-order chi connectivity index (χ0) is 21.3. The molecule has 152 valence electrons. The van der Waals surface area contributed by atoms with E-state index in [0.29, 0.717) is 27.9 Å². The quantitative estimate of drug-likeness (QED) is 0.427. The second kappa shape index (κ2) is 8.71. The first-order valence-electron chi connectivity index (χ1n) is 9.24. The van der Waals surface area contributed by atoms with E-state index >= 15 is 0 Å². The standard InChI is InChI=1S/C21H17N3O3S3/c1-3-28-20-23-24-21(30-20)29-11(2)19(27)22-12-8-9-15-16(10-12)18(26)14-7-5-4-6-13(14)17(15)25/h4-11H,3H2,1-2H3,(H,22,27)/t11-/m0/s1. The molecule has 1 aliphatic rings. The molecule has 1 atom stereocenters. The maximum atomic E-state index is 12.8. The lowest BCUT2D eigenvalue weighted by molar-refractivity contribution is -0.115. The maximum Gasteiger partial charge on any atom is 0.237 e. The summed E-state index contributed by atoms with van der Waals surface area (Å²) < 4.78 is 1.61. The van der Waals surface area contributed by atoms with Gasteiger partial charge in [0.25, 0.3) is 0 Å². The molecular formula is C21H17N3O3S3. The zero-order valence-electron chi connectivity index (χ0n) is 16.2. The Hall–Kier alpha value is -2.49. The third-order valence-corrected chi connectivity index (χ3v) is 7.62. The summed E-state index contributed by atoms with van der Waals surface area (Å²) in [4.78, 5) is 38.2. The number of ketones is 2. The summed E-state index contributed by atoms with van der Waals surface area (Å²) in [5.41, 5.74) is 1.94. The number of anilines is 1. The summed E-state index contributed by atoms with van der Waals surface area (Å²) in [5.74, 6) is 0.307. The number of nitrogens with zero attached hydrogens (tertiary/aromatic N) is 2. The summed E-state index contributed by atoms with van der Waals surface area (Å²) >= 11 is 4.41. The SMILES string of the molecule is CCSc1nnc(S[C@@H](C)C(=O)Nc2ccc3c(c2)C(=O)c2ccccc2C3=O)s1. The Bertz CT molecular complexity index is 1160. The Labute approximate surface area is 185 Å². The number of nitrogens with one attached hydrogen (secondary N) is 1. The van der Waals surface area contributed by atoms with Crippen molar-refractivity contribution in [2.45, 2.75) is 27.8 Å². The third kappa shape index (κ3) is 4.05. The van der Waals surface area contributed by atoms with Crippen LogP contribution in [0.3, 0.4) is 0 Å². The van der Waals surface area contributed by atoms with Crippen LogP contribution in [0.2, 0.25) is 0 Å². The van der Waals surface area contributed by atoms with E-state index in [1.807, 2.05) is 6.92 Å². The fraction of sp³-hybridized carbons (Fsp3) is 0.190. The molecule has 2 aromatic carbocycles. The third-order valence-electron chi connectivity index (χ3n) is 4.50. The molecule has 0 bridgehead atoms. The van der Waals surface area contributed by atoms with Crippen LogP contribution in [0, 0.1) is 0 Å². The lowest BCUT2D eigenvalue weighted by Crippen LogP contribution is -2.24. The molecule has 0 saturated carbocycles. The van der Waals surface area contributed by atoms with Crippen molar-refractivity contribution in [1.82, 2.24) is 10.2 Å². The molecule has 0 saturated heterocycles. The largest absolute Gasteiger partial charge is 0.325 e. The number of amides is 1. The van der Waals surface area contributed by atoms with E-state index in [9.17, 15) is 14.4 Å². The van der Waals surface area contributed by atoms with Crippen LogP contribution < -0.4 is 5.32 Å². The second-order valence-corrected chi connectivity index (χ2v) is 10.6. The molecule has 1 N–H and O–H groups in total. The van der Waals surface area contributed by atoms with Crippen LogP contribution >= 0.6 is 34.9 Å². The van der Waals surface area contributed by atoms with E-state index in [-0.39, 0.29) is 17.5 Å². The van der Waals surface area contributed by atoms with Gasteiger partial charge in [-0.1, -0.05) is 66.0 Å². The number of aromatic nitrogens is 2. The van der Waals surface area contributed by atoms with Gasteiger partial charge in [0.15, 0.2) is 20.2 Å². The van der Waals surface area contributed by atoms with Crippen LogP contribution in [0.25, 0.3) is 0 Å². The van der Waals surface area contributed by atoms with Gasteiger partial charge in [-0.05, 0) is 30.9 Å². The summed E-state index contributed by atoms with van der Waals surface area (Å²) in [6, 6.07) is 11.6. The highest BCUT2D eigenvalue weighted by atomic mass is 32.2. The first-order valence-corrected chi connectivity index (χ1v) is 11.9. The van der Waals surface area contributed by atoms with E-state index in [1.54, 1.807) is 61.2 Å². The smallest absolute Gasteiger partial charge is 0.237 e. The van der Waals surface area contributed by atoms with Gasteiger partial charge in [-0.25, -0.2) is 0 Å². The highest BCUT2D eigenvalue weighted by molar-refractivity contribution is 8.03. The predicted octanol–water partition coefficient (Wildman–Crippen LogP) is 4.54. The minimum absolute atomic E-state index is 0.181. The minimum atomic E-state index is -0.397. The molecule has 1 aliphatic carbocycles. The Kier molecular flexibility index (Phi) is 6.03. The molecule has 30 heavy (non-hydrogen) atoms. The molecule has 0 radical (unpaired) electrons. The fourth-order valence-corrected chi connectivity index (χ4v) is 6.11. The molecule has 0 fully saturated rings. The van der Waals surface area contributed by atoms with Gasteiger partial charge in [-0.15, -0.1) is 10.2 Å². The van der Waals surface area contributed by atoms with Gasteiger partial charge in [0.2, 0.25) is 5.91 Å². The van der Waals surface area contributed by atoms with Crippen molar-refractivity contribution in [2.24, 2.45) is 0 Å². The maximum absolute atomic E-state index is 12.8. The highest BCUT2D eigenvalue weighted by Gasteiger charge is 2.29. The van der Waals surface area contributed by atoms with Crippen molar-refractivity contribution in [1.29, 1.82) is 0 Å². The van der Waals surface area contributed by atoms with Gasteiger partial charge in [0.05, 0.1) is 5.25 Å². The minimum Gasteiger partial charge on any atom is -0.325 e. The van der Waals surface area contributed by atoms with E-state index in [2.05, 4.69) is 15.5 Å². The van der Waals surface area contributed by atoms with Gasteiger partial charge in [-0.2, -0.15) is 0 Å². The predicted molar refractivity (Wildman–Crippen MR) is 120 cm³/mol. The average Bonchev–Trinajstić information content (AvgIpc) is 3.19. The monoisotopic (exact) mass is 455 g/mol. The molecule has 1 aromatic heterocycles. The van der Waals surface area contributed by atoms with Gasteiger partial charge in [0, 0.05) is 27.9 Å². The van der Waals surface area contributed by atoms with Crippen LogP contribution in [0.4, 0.5) is 5.69 Å². The van der Waals surface area contributed by atoms with Crippen molar-refractivity contribution in [3.05, 3.63) is 64.7 Å². The van der Waals surface area contributed by atoms with E-state index in [1.165, 1.54) is 23.1 Å². The van der Waals surface area contributed by atoms with Crippen LogP contribution in [0.15, 0.2) is 51.1 Å². The average molecular weight is 456 g/mol. The van der Waals surface area contributed by atoms with Crippen molar-refractivity contribution in [3.8, 4) is 0 Å². The lowest BCUT2D eigenvalue weighted by atomic mass is 9.84. The summed E-state index contributed by atoms with van der Waals surface area (Å²) in [5, 5.41) is 10.6. The molecule has 0 spiro atoms. The molecule has 1 amide bonds. The molecule has 9 heteroatoms. The first kappa shape index (κ1) is 20.8. The number of hydrogen-bond donors (Lipinski definition) is 1. The molecule has 4 rings (SSSR count). The van der Waals surface area contributed by atoms with Crippen molar-refractivity contribution in [2.75, 3.05) is 11.1 Å². The van der Waals surface area contributed by atoms with Crippen molar-refractivity contribution >= 4 is 58.0 Å². The van der Waals surface area contributed by atoms with Gasteiger partial charge in [0.1, 0.15) is 0 Å². The fourth-order valence-electron chi connectivity index (χ4n) is 3.05. The second-order valence-electron chi connectivity index (χ2n) is 6.48. The topological polar surface area (TPSA) is 89.0 Å². The number of carbonyl (C=O) groups excluding carboxylic acids is 3. The molecule has 6 nitrogen and oxygen atoms in total. The number of thioether (sulfide) groups is 2. The number of fused-ring (bicyclic) bond motifs is 2. The Morgan fingerprint density at radius 1 is 1.00 bits per heavy atom. The normalized spacial score (nSPS) is 13.5. The zero-order valence-corrected chi connectivity index (χ0v) is 18.6. The molecule has 1 heterocycles. The molecule has 0 unspecified atom stereocenters. The van der Waals surface area contributed by atoms with E-state index < -0.39 is 5.25 Å². The number of hydrogen-bond acceptors (Lipinski definition) is 8. The number of carbonyl (C=O) groups is 3. The Balaban J connectivity index is 1.49. The van der Waals surface area contributed by atoms with Crippen LogP contribution in [-0.4, -0.2) is 38.7 Å². The van der Waals surface area contributed by atoms with Gasteiger partial charge >= 0.3 is 0 Å². The Morgan fingerprint density at radius 2 is 1.63 bits per heavy atom. The Morgan fingerprint density at radius 3 is 2.33 bits per heavy atom. The van der Waals surface area contributed by atoms with Crippen molar-refractivity contribution in [3.63, 3.8) is 0 Å². The molecule has 0 aliphatic heterocycles.